The quantitative estimate of drug-likeness (QED) is 0.867. The Morgan fingerprint density at radius 1 is 0.962 bits per heavy atom. The van der Waals surface area contributed by atoms with Crippen molar-refractivity contribution < 1.29 is 16.8 Å². The number of hydrogen-bond acceptors (Lipinski definition) is 5. The van der Waals surface area contributed by atoms with E-state index >= 15 is 0 Å². The summed E-state index contributed by atoms with van der Waals surface area (Å²) in [6.07, 6.45) is 4.30. The standard InChI is InChI=1S/C19H21NO4S2/c1-25(21,22)13-8-10-16(17(11-13)26(2,23)24)20-19-15-9-7-12-5-3-4-6-14(12)18(15)19/h3-6,8,10-11,15,18-20H,7,9H2,1-2H3. The molecule has 1 saturated carbocycles. The Morgan fingerprint density at radius 3 is 2.38 bits per heavy atom. The second kappa shape index (κ2) is 5.82. The number of hydrogen-bond donors (Lipinski definition) is 1. The van der Waals surface area contributed by atoms with Crippen molar-refractivity contribution >= 4 is 25.4 Å². The van der Waals surface area contributed by atoms with Crippen molar-refractivity contribution in [3.05, 3.63) is 53.6 Å². The van der Waals surface area contributed by atoms with Gasteiger partial charge in [-0.2, -0.15) is 0 Å². The van der Waals surface area contributed by atoms with Crippen molar-refractivity contribution in [2.75, 3.05) is 17.8 Å². The third kappa shape index (κ3) is 3.03. The molecule has 0 aliphatic heterocycles. The number of aryl methyl sites for hydroxylation is 1. The van der Waals surface area contributed by atoms with Crippen molar-refractivity contribution in [3.8, 4) is 0 Å². The van der Waals surface area contributed by atoms with Crippen molar-refractivity contribution in [1.82, 2.24) is 0 Å². The molecule has 2 aromatic carbocycles. The monoisotopic (exact) mass is 391 g/mol. The number of nitrogens with one attached hydrogen (secondary N) is 1. The van der Waals surface area contributed by atoms with E-state index in [4.69, 9.17) is 0 Å². The van der Waals surface area contributed by atoms with Crippen molar-refractivity contribution in [1.29, 1.82) is 0 Å². The molecule has 0 heterocycles. The molecule has 7 heteroatoms. The summed E-state index contributed by atoms with van der Waals surface area (Å²) in [6.45, 7) is 0. The predicted molar refractivity (Wildman–Crippen MR) is 101 cm³/mol. The lowest BCUT2D eigenvalue weighted by Gasteiger charge is -2.13. The molecule has 3 unspecified atom stereocenters. The van der Waals surface area contributed by atoms with Crippen molar-refractivity contribution in [2.45, 2.75) is 34.6 Å². The van der Waals surface area contributed by atoms with E-state index in [1.54, 1.807) is 6.07 Å². The largest absolute Gasteiger partial charge is 0.380 e. The summed E-state index contributed by atoms with van der Waals surface area (Å²) >= 11 is 0. The van der Waals surface area contributed by atoms with Gasteiger partial charge in [-0.1, -0.05) is 24.3 Å². The van der Waals surface area contributed by atoms with Crippen molar-refractivity contribution in [3.63, 3.8) is 0 Å². The van der Waals surface area contributed by atoms with Gasteiger partial charge in [-0.3, -0.25) is 0 Å². The second-order valence-electron chi connectivity index (χ2n) is 7.30. The first-order valence-electron chi connectivity index (χ1n) is 8.55. The van der Waals surface area contributed by atoms with Gasteiger partial charge in [0.2, 0.25) is 0 Å². The number of sulfone groups is 2. The molecule has 2 aliphatic rings. The number of rotatable bonds is 4. The van der Waals surface area contributed by atoms with Crippen LogP contribution in [0.1, 0.15) is 23.5 Å². The SMILES string of the molecule is CS(=O)(=O)c1ccc(NC2C3CCc4ccccc4C32)c(S(C)(=O)=O)c1. The van der Waals surface area contributed by atoms with Crippen LogP contribution >= 0.6 is 0 Å². The lowest BCUT2D eigenvalue weighted by Crippen LogP contribution is -2.11. The van der Waals surface area contributed by atoms with E-state index in [1.165, 1.54) is 23.3 Å². The third-order valence-corrected chi connectivity index (χ3v) is 7.68. The highest BCUT2D eigenvalue weighted by Gasteiger charge is 2.53. The zero-order chi connectivity index (χ0) is 18.7. The lowest BCUT2D eigenvalue weighted by atomic mass is 9.92. The molecule has 0 amide bonds. The van der Waals surface area contributed by atoms with Gasteiger partial charge < -0.3 is 5.32 Å². The molecule has 4 rings (SSSR count). The highest BCUT2D eigenvalue weighted by atomic mass is 32.2. The highest BCUT2D eigenvalue weighted by molar-refractivity contribution is 7.91. The van der Waals surface area contributed by atoms with Crippen LogP contribution in [0.4, 0.5) is 5.69 Å². The molecule has 2 aliphatic carbocycles. The van der Waals surface area contributed by atoms with Crippen LogP contribution in [0, 0.1) is 5.92 Å². The number of anilines is 1. The first kappa shape index (κ1) is 17.5. The van der Waals surface area contributed by atoms with Crippen LogP contribution in [0.15, 0.2) is 52.3 Å². The van der Waals surface area contributed by atoms with Crippen LogP contribution in [0.25, 0.3) is 0 Å². The van der Waals surface area contributed by atoms with E-state index in [0.29, 0.717) is 17.5 Å². The zero-order valence-corrected chi connectivity index (χ0v) is 16.3. The molecule has 0 bridgehead atoms. The summed E-state index contributed by atoms with van der Waals surface area (Å²) in [5.41, 5.74) is 3.19. The molecule has 1 fully saturated rings. The first-order chi connectivity index (χ1) is 12.2. The average Bonchev–Trinajstić information content (AvgIpc) is 3.27. The number of fused-ring (bicyclic) bond motifs is 3. The van der Waals surface area contributed by atoms with Crippen LogP contribution < -0.4 is 5.32 Å². The second-order valence-corrected chi connectivity index (χ2v) is 11.3. The summed E-state index contributed by atoms with van der Waals surface area (Å²) in [6, 6.07) is 12.9. The Morgan fingerprint density at radius 2 is 1.69 bits per heavy atom. The fourth-order valence-electron chi connectivity index (χ4n) is 4.10. The van der Waals surface area contributed by atoms with Gasteiger partial charge in [-0.15, -0.1) is 0 Å². The molecular formula is C19H21NO4S2. The van der Waals surface area contributed by atoms with Gasteiger partial charge in [0.25, 0.3) is 0 Å². The molecule has 5 nitrogen and oxygen atoms in total. The van der Waals surface area contributed by atoms with Gasteiger partial charge in [-0.05, 0) is 48.1 Å². The molecular weight excluding hydrogens is 370 g/mol. The number of benzene rings is 2. The fourth-order valence-corrected chi connectivity index (χ4v) is 5.69. The molecule has 1 N–H and O–H groups in total. The van der Waals surface area contributed by atoms with Gasteiger partial charge in [0, 0.05) is 24.5 Å². The van der Waals surface area contributed by atoms with Gasteiger partial charge in [0.15, 0.2) is 19.7 Å². The summed E-state index contributed by atoms with van der Waals surface area (Å²) in [5.74, 6) is 0.883. The van der Waals surface area contributed by atoms with Gasteiger partial charge in [0.05, 0.1) is 15.5 Å². The summed E-state index contributed by atoms with van der Waals surface area (Å²) < 4.78 is 48.0. The smallest absolute Gasteiger partial charge is 0.177 e. The van der Waals surface area contributed by atoms with Crippen LogP contribution in [0.2, 0.25) is 0 Å². The Labute approximate surface area is 154 Å². The Balaban J connectivity index is 1.68. The topological polar surface area (TPSA) is 80.3 Å². The van der Waals surface area contributed by atoms with E-state index < -0.39 is 19.7 Å². The Hall–Kier alpha value is -1.86. The maximum atomic E-state index is 12.2. The van der Waals surface area contributed by atoms with E-state index in [-0.39, 0.29) is 15.8 Å². The molecule has 138 valence electrons. The minimum absolute atomic E-state index is 0.0158. The molecule has 26 heavy (non-hydrogen) atoms. The van der Waals surface area contributed by atoms with Crippen LogP contribution in [-0.4, -0.2) is 35.4 Å². The fraction of sp³-hybridized carbons (Fsp3) is 0.368. The van der Waals surface area contributed by atoms with Gasteiger partial charge in [-0.25, -0.2) is 16.8 Å². The average molecular weight is 392 g/mol. The maximum Gasteiger partial charge on any atom is 0.177 e. The minimum Gasteiger partial charge on any atom is -0.380 e. The van der Waals surface area contributed by atoms with E-state index in [2.05, 4.69) is 23.5 Å². The van der Waals surface area contributed by atoms with Crippen LogP contribution in [-0.2, 0) is 26.1 Å². The highest BCUT2D eigenvalue weighted by Crippen LogP contribution is 2.56. The lowest BCUT2D eigenvalue weighted by molar-refractivity contribution is 0.600. The summed E-state index contributed by atoms with van der Waals surface area (Å²) in [5, 5.41) is 3.38. The Bertz CT molecular complexity index is 1090. The first-order valence-corrected chi connectivity index (χ1v) is 12.3. The summed E-state index contributed by atoms with van der Waals surface area (Å²) in [4.78, 5) is 0.0550. The maximum absolute atomic E-state index is 12.2. The molecule has 0 spiro atoms. The van der Waals surface area contributed by atoms with E-state index in [0.717, 1.165) is 25.4 Å². The van der Waals surface area contributed by atoms with Crippen LogP contribution in [0.5, 0.6) is 0 Å². The third-order valence-electron chi connectivity index (χ3n) is 5.43. The molecule has 2 aromatic rings. The van der Waals surface area contributed by atoms with Gasteiger partial charge >= 0.3 is 0 Å². The van der Waals surface area contributed by atoms with Crippen LogP contribution in [0.3, 0.4) is 0 Å². The molecule has 3 atom stereocenters. The Kier molecular flexibility index (Phi) is 3.93. The zero-order valence-electron chi connectivity index (χ0n) is 14.6. The molecule has 0 aromatic heterocycles. The predicted octanol–water partition coefficient (Wildman–Crippen LogP) is 2.63. The normalized spacial score (nSPS) is 24.5. The minimum atomic E-state index is -3.55. The van der Waals surface area contributed by atoms with Crippen molar-refractivity contribution in [2.24, 2.45) is 5.92 Å². The van der Waals surface area contributed by atoms with E-state index in [9.17, 15) is 16.8 Å². The molecule has 0 saturated heterocycles. The summed E-state index contributed by atoms with van der Waals surface area (Å²) in [7, 11) is -7.02. The molecule has 0 radical (unpaired) electrons. The van der Waals surface area contributed by atoms with E-state index in [1.807, 2.05) is 6.07 Å². The van der Waals surface area contributed by atoms with Gasteiger partial charge in [0.1, 0.15) is 0 Å².